The summed E-state index contributed by atoms with van der Waals surface area (Å²) in [4.78, 5) is 0. The lowest BCUT2D eigenvalue weighted by Gasteiger charge is -2.15. The van der Waals surface area contributed by atoms with Crippen LogP contribution in [0, 0.1) is 0 Å². The van der Waals surface area contributed by atoms with Gasteiger partial charge in [-0.05, 0) is 32.4 Å². The summed E-state index contributed by atoms with van der Waals surface area (Å²) in [6.07, 6.45) is -2.62. The molecule has 0 aliphatic rings. The van der Waals surface area contributed by atoms with Crippen LogP contribution in [-0.4, -0.2) is 12.6 Å². The smallest absolute Gasteiger partial charge is 0.416 e. The van der Waals surface area contributed by atoms with Gasteiger partial charge in [0.2, 0.25) is 0 Å². The largest absolute Gasteiger partial charge is 0.491 e. The van der Waals surface area contributed by atoms with Crippen LogP contribution in [0.4, 0.5) is 18.9 Å². The molecule has 0 aliphatic heterocycles. The second-order valence-electron chi connectivity index (χ2n) is 4.69. The van der Waals surface area contributed by atoms with Gasteiger partial charge in [-0.3, -0.25) is 0 Å². The SMILES string of the molecule is CCCCNc1cc(OC(C)C)cc(C(F)(F)F)c1. The fraction of sp³-hybridized carbons (Fsp3) is 0.571. The second kappa shape index (κ2) is 6.68. The number of anilines is 1. The minimum atomic E-state index is -4.36. The third kappa shape index (κ3) is 5.41. The van der Waals surface area contributed by atoms with Gasteiger partial charge >= 0.3 is 6.18 Å². The minimum Gasteiger partial charge on any atom is -0.491 e. The normalized spacial score (nSPS) is 11.7. The van der Waals surface area contributed by atoms with Gasteiger partial charge in [-0.25, -0.2) is 0 Å². The van der Waals surface area contributed by atoms with Crippen LogP contribution in [0.15, 0.2) is 18.2 Å². The molecule has 0 unspecified atom stereocenters. The zero-order valence-corrected chi connectivity index (χ0v) is 11.5. The van der Waals surface area contributed by atoms with E-state index < -0.39 is 11.7 Å². The monoisotopic (exact) mass is 275 g/mol. The van der Waals surface area contributed by atoms with Crippen LogP contribution < -0.4 is 10.1 Å². The first kappa shape index (κ1) is 15.7. The summed E-state index contributed by atoms with van der Waals surface area (Å²) < 4.78 is 43.7. The van der Waals surface area contributed by atoms with Crippen molar-refractivity contribution in [3.8, 4) is 5.75 Å². The van der Waals surface area contributed by atoms with Gasteiger partial charge in [-0.2, -0.15) is 13.2 Å². The van der Waals surface area contributed by atoms with Gasteiger partial charge in [0.25, 0.3) is 0 Å². The Morgan fingerprint density at radius 1 is 1.21 bits per heavy atom. The molecule has 108 valence electrons. The van der Waals surface area contributed by atoms with E-state index in [1.807, 2.05) is 6.92 Å². The number of benzene rings is 1. The fourth-order valence-electron chi connectivity index (χ4n) is 1.61. The molecule has 1 N–H and O–H groups in total. The highest BCUT2D eigenvalue weighted by atomic mass is 19.4. The maximum Gasteiger partial charge on any atom is 0.416 e. The van der Waals surface area contributed by atoms with Crippen LogP contribution in [0.3, 0.4) is 0 Å². The number of halogens is 3. The summed E-state index contributed by atoms with van der Waals surface area (Å²) in [5, 5.41) is 2.99. The van der Waals surface area contributed by atoms with Crippen molar-refractivity contribution in [1.82, 2.24) is 0 Å². The van der Waals surface area contributed by atoms with Crippen molar-refractivity contribution < 1.29 is 17.9 Å². The average molecular weight is 275 g/mol. The number of hydrogen-bond acceptors (Lipinski definition) is 2. The highest BCUT2D eigenvalue weighted by Crippen LogP contribution is 2.34. The lowest BCUT2D eigenvalue weighted by Crippen LogP contribution is -2.10. The molecular weight excluding hydrogens is 255 g/mol. The molecule has 0 atom stereocenters. The van der Waals surface area contributed by atoms with Crippen molar-refractivity contribution in [3.63, 3.8) is 0 Å². The molecular formula is C14H20F3NO. The molecule has 1 aromatic carbocycles. The molecule has 0 saturated heterocycles. The second-order valence-corrected chi connectivity index (χ2v) is 4.69. The van der Waals surface area contributed by atoms with Crippen LogP contribution in [0.25, 0.3) is 0 Å². The van der Waals surface area contributed by atoms with Gasteiger partial charge in [-0.15, -0.1) is 0 Å². The number of rotatable bonds is 6. The van der Waals surface area contributed by atoms with E-state index in [-0.39, 0.29) is 11.9 Å². The highest BCUT2D eigenvalue weighted by Gasteiger charge is 2.31. The average Bonchev–Trinajstić information content (AvgIpc) is 2.27. The first-order valence-corrected chi connectivity index (χ1v) is 6.45. The van der Waals surface area contributed by atoms with Crippen molar-refractivity contribution in [1.29, 1.82) is 0 Å². The van der Waals surface area contributed by atoms with E-state index in [2.05, 4.69) is 5.32 Å². The Balaban J connectivity index is 2.95. The van der Waals surface area contributed by atoms with E-state index in [0.717, 1.165) is 25.0 Å². The van der Waals surface area contributed by atoms with Crippen LogP contribution in [0.5, 0.6) is 5.75 Å². The van der Waals surface area contributed by atoms with E-state index in [0.29, 0.717) is 12.2 Å². The van der Waals surface area contributed by atoms with Crippen LogP contribution in [0.1, 0.15) is 39.2 Å². The van der Waals surface area contributed by atoms with Gasteiger partial charge in [0.15, 0.2) is 0 Å². The molecule has 0 radical (unpaired) electrons. The van der Waals surface area contributed by atoms with E-state index >= 15 is 0 Å². The molecule has 5 heteroatoms. The van der Waals surface area contributed by atoms with E-state index in [9.17, 15) is 13.2 Å². The van der Waals surface area contributed by atoms with Gasteiger partial charge < -0.3 is 10.1 Å². The molecule has 0 spiro atoms. The maximum absolute atomic E-state index is 12.8. The Morgan fingerprint density at radius 3 is 2.42 bits per heavy atom. The van der Waals surface area contributed by atoms with Crippen LogP contribution in [-0.2, 0) is 6.18 Å². The van der Waals surface area contributed by atoms with Crippen molar-refractivity contribution in [2.45, 2.75) is 45.9 Å². The highest BCUT2D eigenvalue weighted by molar-refractivity contribution is 5.52. The zero-order chi connectivity index (χ0) is 14.5. The van der Waals surface area contributed by atoms with Gasteiger partial charge in [0, 0.05) is 18.3 Å². The number of hydrogen-bond donors (Lipinski definition) is 1. The Labute approximate surface area is 112 Å². The zero-order valence-electron chi connectivity index (χ0n) is 11.5. The molecule has 2 nitrogen and oxygen atoms in total. The molecule has 0 aliphatic carbocycles. The van der Waals surface area contributed by atoms with Crippen molar-refractivity contribution in [2.75, 3.05) is 11.9 Å². The van der Waals surface area contributed by atoms with Crippen molar-refractivity contribution >= 4 is 5.69 Å². The number of nitrogens with one attached hydrogen (secondary N) is 1. The van der Waals surface area contributed by atoms with Gasteiger partial charge in [-0.1, -0.05) is 13.3 Å². The van der Waals surface area contributed by atoms with Crippen molar-refractivity contribution in [3.05, 3.63) is 23.8 Å². The lowest BCUT2D eigenvalue weighted by molar-refractivity contribution is -0.137. The Hall–Kier alpha value is -1.39. The lowest BCUT2D eigenvalue weighted by atomic mass is 10.1. The minimum absolute atomic E-state index is 0.160. The number of ether oxygens (including phenoxy) is 1. The van der Waals surface area contributed by atoms with Crippen molar-refractivity contribution in [2.24, 2.45) is 0 Å². The molecule has 0 heterocycles. The first-order valence-electron chi connectivity index (χ1n) is 6.45. The van der Waals surface area contributed by atoms with Gasteiger partial charge in [0.05, 0.1) is 11.7 Å². The number of unbranched alkanes of at least 4 members (excludes halogenated alkanes) is 1. The standard InChI is InChI=1S/C14H20F3NO/c1-4-5-6-18-12-7-11(14(15,16)17)8-13(9-12)19-10(2)3/h7-10,18H,4-6H2,1-3H3. The van der Waals surface area contributed by atoms with E-state index in [4.69, 9.17) is 4.74 Å². The molecule has 0 fully saturated rings. The summed E-state index contributed by atoms with van der Waals surface area (Å²) in [5.74, 6) is 0.240. The topological polar surface area (TPSA) is 21.3 Å². The Bertz CT molecular complexity index is 402. The van der Waals surface area contributed by atoms with Crippen LogP contribution >= 0.6 is 0 Å². The summed E-state index contributed by atoms with van der Waals surface area (Å²) >= 11 is 0. The third-order valence-corrected chi connectivity index (χ3v) is 2.47. The molecule has 0 saturated carbocycles. The van der Waals surface area contributed by atoms with E-state index in [1.54, 1.807) is 19.9 Å². The molecule has 1 rings (SSSR count). The predicted molar refractivity (Wildman–Crippen MR) is 70.6 cm³/mol. The quantitative estimate of drug-likeness (QED) is 0.759. The number of alkyl halides is 3. The summed E-state index contributed by atoms with van der Waals surface area (Å²) in [6.45, 7) is 6.24. The summed E-state index contributed by atoms with van der Waals surface area (Å²) in [7, 11) is 0. The molecule has 1 aromatic rings. The molecule has 0 aromatic heterocycles. The van der Waals surface area contributed by atoms with Crippen LogP contribution in [0.2, 0.25) is 0 Å². The maximum atomic E-state index is 12.8. The molecule has 19 heavy (non-hydrogen) atoms. The third-order valence-electron chi connectivity index (χ3n) is 2.47. The Kier molecular flexibility index (Phi) is 5.51. The van der Waals surface area contributed by atoms with Gasteiger partial charge in [0.1, 0.15) is 5.75 Å². The summed E-state index contributed by atoms with van der Waals surface area (Å²) in [6, 6.07) is 3.75. The summed E-state index contributed by atoms with van der Waals surface area (Å²) in [5.41, 5.74) is -0.247. The molecule has 0 bridgehead atoms. The first-order chi connectivity index (χ1) is 8.82. The predicted octanol–water partition coefficient (Wildman–Crippen LogP) is 4.70. The van der Waals surface area contributed by atoms with E-state index in [1.165, 1.54) is 0 Å². The fourth-order valence-corrected chi connectivity index (χ4v) is 1.61. The molecule has 0 amide bonds. The Morgan fingerprint density at radius 2 is 1.89 bits per heavy atom.